The van der Waals surface area contributed by atoms with Gasteiger partial charge in [0.25, 0.3) is 5.91 Å². The van der Waals surface area contributed by atoms with Crippen molar-refractivity contribution in [1.29, 1.82) is 0 Å². The Bertz CT molecular complexity index is 775. The molecule has 7 nitrogen and oxygen atoms in total. The first-order valence-corrected chi connectivity index (χ1v) is 7.92. The van der Waals surface area contributed by atoms with Gasteiger partial charge in [0.15, 0.2) is 6.61 Å². The zero-order valence-corrected chi connectivity index (χ0v) is 14.4. The summed E-state index contributed by atoms with van der Waals surface area (Å²) in [4.78, 5) is 31.5. The van der Waals surface area contributed by atoms with E-state index in [1.807, 2.05) is 19.9 Å². The third-order valence-electron chi connectivity index (χ3n) is 3.44. The van der Waals surface area contributed by atoms with E-state index in [1.165, 1.54) is 0 Å². The van der Waals surface area contributed by atoms with Crippen LogP contribution in [0.15, 0.2) is 30.5 Å². The number of hydrogen-bond donors (Lipinski definition) is 2. The van der Waals surface area contributed by atoms with E-state index < -0.39 is 12.6 Å². The van der Waals surface area contributed by atoms with Gasteiger partial charge in [-0.2, -0.15) is 0 Å². The van der Waals surface area contributed by atoms with Gasteiger partial charge < -0.3 is 15.2 Å². The monoisotopic (exact) mass is 343 g/mol. The number of carboxylic acids is 1. The van der Waals surface area contributed by atoms with Crippen LogP contribution >= 0.6 is 0 Å². The lowest BCUT2D eigenvalue weighted by molar-refractivity contribution is -0.139. The molecule has 0 fully saturated rings. The molecule has 0 atom stereocenters. The van der Waals surface area contributed by atoms with Gasteiger partial charge in [-0.1, -0.05) is 26.0 Å². The minimum Gasteiger partial charge on any atom is -0.482 e. The standard InChI is InChI=1S/C18H21N3O4/c1-11(2)17-15(9-19-12(3)21-17)18(24)20-8-13-5-4-6-14(7-13)25-10-16(22)23/h4-7,9,11H,8,10H2,1-3H3,(H,20,24)(H,22,23). The summed E-state index contributed by atoms with van der Waals surface area (Å²) in [6.07, 6.45) is 1.54. The number of benzene rings is 1. The number of hydrogen-bond acceptors (Lipinski definition) is 5. The molecular weight excluding hydrogens is 322 g/mol. The normalized spacial score (nSPS) is 10.6. The molecule has 1 aromatic heterocycles. The molecule has 25 heavy (non-hydrogen) atoms. The highest BCUT2D eigenvalue weighted by atomic mass is 16.5. The fraction of sp³-hybridized carbons (Fsp3) is 0.333. The van der Waals surface area contributed by atoms with Crippen LogP contribution in [-0.2, 0) is 11.3 Å². The van der Waals surface area contributed by atoms with Crippen molar-refractivity contribution in [2.75, 3.05) is 6.61 Å². The highest BCUT2D eigenvalue weighted by Gasteiger charge is 2.16. The second-order valence-corrected chi connectivity index (χ2v) is 5.88. The topological polar surface area (TPSA) is 101 Å². The van der Waals surface area contributed by atoms with E-state index in [1.54, 1.807) is 31.3 Å². The minimum absolute atomic E-state index is 0.107. The van der Waals surface area contributed by atoms with Gasteiger partial charge in [0.1, 0.15) is 11.6 Å². The van der Waals surface area contributed by atoms with Crippen molar-refractivity contribution in [2.45, 2.75) is 33.2 Å². The fourth-order valence-corrected chi connectivity index (χ4v) is 2.27. The number of rotatable bonds is 7. The zero-order chi connectivity index (χ0) is 18.4. The van der Waals surface area contributed by atoms with Gasteiger partial charge in [0, 0.05) is 12.7 Å². The summed E-state index contributed by atoms with van der Waals surface area (Å²) in [6, 6.07) is 6.92. The molecule has 0 aliphatic rings. The molecule has 1 amide bonds. The average Bonchev–Trinajstić information content (AvgIpc) is 2.58. The molecule has 7 heteroatoms. The predicted octanol–water partition coefficient (Wildman–Crippen LogP) is 2.30. The van der Waals surface area contributed by atoms with Crippen LogP contribution < -0.4 is 10.1 Å². The summed E-state index contributed by atoms with van der Waals surface area (Å²) in [6.45, 7) is 5.61. The van der Waals surface area contributed by atoms with Crippen molar-refractivity contribution < 1.29 is 19.4 Å². The van der Waals surface area contributed by atoms with Crippen molar-refractivity contribution in [1.82, 2.24) is 15.3 Å². The molecular formula is C18H21N3O4. The van der Waals surface area contributed by atoms with Crippen molar-refractivity contribution in [3.8, 4) is 5.75 Å². The van der Waals surface area contributed by atoms with Gasteiger partial charge in [-0.25, -0.2) is 14.8 Å². The Morgan fingerprint density at radius 1 is 1.32 bits per heavy atom. The van der Waals surface area contributed by atoms with Gasteiger partial charge in [-0.15, -0.1) is 0 Å². The van der Waals surface area contributed by atoms with Crippen LogP contribution in [0.4, 0.5) is 0 Å². The molecule has 0 saturated carbocycles. The van der Waals surface area contributed by atoms with E-state index in [9.17, 15) is 9.59 Å². The van der Waals surface area contributed by atoms with Crippen LogP contribution in [0.5, 0.6) is 5.75 Å². The minimum atomic E-state index is -1.04. The third kappa shape index (κ3) is 5.27. The third-order valence-corrected chi connectivity index (χ3v) is 3.44. The lowest BCUT2D eigenvalue weighted by Crippen LogP contribution is -2.25. The zero-order valence-electron chi connectivity index (χ0n) is 14.4. The van der Waals surface area contributed by atoms with Crippen LogP contribution in [0.2, 0.25) is 0 Å². The molecule has 1 aromatic carbocycles. The van der Waals surface area contributed by atoms with E-state index in [0.29, 0.717) is 22.8 Å². The maximum absolute atomic E-state index is 12.5. The number of aromatic nitrogens is 2. The molecule has 0 bridgehead atoms. The van der Waals surface area contributed by atoms with E-state index in [0.717, 1.165) is 5.56 Å². The van der Waals surface area contributed by atoms with Crippen LogP contribution in [0.1, 0.15) is 47.2 Å². The van der Waals surface area contributed by atoms with Crippen molar-refractivity contribution >= 4 is 11.9 Å². The largest absolute Gasteiger partial charge is 0.482 e. The quantitative estimate of drug-likeness (QED) is 0.800. The summed E-state index contributed by atoms with van der Waals surface area (Å²) in [5, 5.41) is 11.5. The summed E-state index contributed by atoms with van der Waals surface area (Å²) in [5.74, 6) is -0.116. The summed E-state index contributed by atoms with van der Waals surface area (Å²) >= 11 is 0. The first kappa shape index (κ1) is 18.4. The fourth-order valence-electron chi connectivity index (χ4n) is 2.27. The highest BCUT2D eigenvalue weighted by molar-refractivity contribution is 5.95. The van der Waals surface area contributed by atoms with Crippen molar-refractivity contribution in [2.24, 2.45) is 0 Å². The SMILES string of the molecule is Cc1ncc(C(=O)NCc2cccc(OCC(=O)O)c2)c(C(C)C)n1. The van der Waals surface area contributed by atoms with Gasteiger partial charge in [-0.3, -0.25) is 4.79 Å². The maximum atomic E-state index is 12.5. The molecule has 0 radical (unpaired) electrons. The first-order valence-electron chi connectivity index (χ1n) is 7.92. The second-order valence-electron chi connectivity index (χ2n) is 5.88. The van der Waals surface area contributed by atoms with Crippen molar-refractivity contribution in [3.05, 3.63) is 53.1 Å². The maximum Gasteiger partial charge on any atom is 0.341 e. The highest BCUT2D eigenvalue weighted by Crippen LogP contribution is 2.17. The summed E-state index contributed by atoms with van der Waals surface area (Å²) < 4.78 is 5.13. The molecule has 2 N–H and O–H groups in total. The van der Waals surface area contributed by atoms with E-state index in [4.69, 9.17) is 9.84 Å². The molecule has 0 aliphatic carbocycles. The van der Waals surface area contributed by atoms with Gasteiger partial charge in [0.05, 0.1) is 11.3 Å². The Morgan fingerprint density at radius 2 is 2.08 bits per heavy atom. The van der Waals surface area contributed by atoms with Crippen LogP contribution in [0.25, 0.3) is 0 Å². The second kappa shape index (κ2) is 8.23. The van der Waals surface area contributed by atoms with E-state index in [-0.39, 0.29) is 18.4 Å². The summed E-state index contributed by atoms with van der Waals surface area (Å²) in [5.41, 5.74) is 1.97. The van der Waals surface area contributed by atoms with Gasteiger partial charge in [-0.05, 0) is 30.5 Å². The number of carbonyl (C=O) groups excluding carboxylic acids is 1. The number of ether oxygens (including phenoxy) is 1. The Labute approximate surface area is 146 Å². The molecule has 1 heterocycles. The van der Waals surface area contributed by atoms with E-state index in [2.05, 4.69) is 15.3 Å². The molecule has 132 valence electrons. The van der Waals surface area contributed by atoms with Crippen LogP contribution in [0, 0.1) is 6.92 Å². The first-order chi connectivity index (χ1) is 11.9. The Kier molecular flexibility index (Phi) is 6.05. The van der Waals surface area contributed by atoms with E-state index >= 15 is 0 Å². The molecule has 2 rings (SSSR count). The number of aryl methyl sites for hydroxylation is 1. The lowest BCUT2D eigenvalue weighted by atomic mass is 10.0. The van der Waals surface area contributed by atoms with Gasteiger partial charge in [0.2, 0.25) is 0 Å². The predicted molar refractivity (Wildman–Crippen MR) is 91.6 cm³/mol. The molecule has 0 saturated heterocycles. The lowest BCUT2D eigenvalue weighted by Gasteiger charge is -2.12. The van der Waals surface area contributed by atoms with Crippen LogP contribution in [-0.4, -0.2) is 33.6 Å². The smallest absolute Gasteiger partial charge is 0.341 e. The number of nitrogens with zero attached hydrogens (tertiary/aromatic N) is 2. The number of carbonyl (C=O) groups is 2. The van der Waals surface area contributed by atoms with Crippen LogP contribution in [0.3, 0.4) is 0 Å². The summed E-state index contributed by atoms with van der Waals surface area (Å²) in [7, 11) is 0. The molecule has 2 aromatic rings. The Hall–Kier alpha value is -2.96. The van der Waals surface area contributed by atoms with Crippen molar-refractivity contribution in [3.63, 3.8) is 0 Å². The number of aliphatic carboxylic acids is 1. The average molecular weight is 343 g/mol. The molecule has 0 aliphatic heterocycles. The number of carboxylic acid groups (broad SMARTS) is 1. The molecule has 0 unspecified atom stereocenters. The Balaban J connectivity index is 2.05. The Morgan fingerprint density at radius 3 is 2.76 bits per heavy atom. The molecule has 0 spiro atoms. The van der Waals surface area contributed by atoms with Gasteiger partial charge >= 0.3 is 5.97 Å². The number of amides is 1. The number of nitrogens with one attached hydrogen (secondary N) is 1.